The number of halogens is 1. The van der Waals surface area contributed by atoms with Gasteiger partial charge >= 0.3 is 0 Å². The molecule has 0 radical (unpaired) electrons. The van der Waals surface area contributed by atoms with Gasteiger partial charge in [-0.05, 0) is 56.3 Å². The Labute approximate surface area is 199 Å². The standard InChI is InChI=1S/C25H30FN7O/c1-30-12-14-31(15-13-30)18-24(34)32-11-2-4-20(17-32)23-16-22(19-5-7-21(26)8-6-19)29-33(23)25-27-9-3-10-28-25/h3,5-10,16,20H,2,4,11-15,17-18H2,1H3. The van der Waals surface area contributed by atoms with Crippen LogP contribution in [0.4, 0.5) is 4.39 Å². The van der Waals surface area contributed by atoms with Gasteiger partial charge in [-0.1, -0.05) is 0 Å². The summed E-state index contributed by atoms with van der Waals surface area (Å²) in [6.45, 7) is 5.76. The lowest BCUT2D eigenvalue weighted by Gasteiger charge is -2.36. The lowest BCUT2D eigenvalue weighted by molar-refractivity contribution is -0.134. The molecule has 4 heterocycles. The van der Waals surface area contributed by atoms with Crippen molar-refractivity contribution in [3.05, 3.63) is 60.3 Å². The molecule has 9 heteroatoms. The first kappa shape index (κ1) is 22.6. The topological polar surface area (TPSA) is 70.4 Å². The highest BCUT2D eigenvalue weighted by Gasteiger charge is 2.30. The van der Waals surface area contributed by atoms with E-state index in [-0.39, 0.29) is 17.6 Å². The van der Waals surface area contributed by atoms with E-state index in [1.807, 2.05) is 11.0 Å². The van der Waals surface area contributed by atoms with Crippen molar-refractivity contribution in [3.63, 3.8) is 0 Å². The molecule has 1 amide bonds. The summed E-state index contributed by atoms with van der Waals surface area (Å²) in [5.41, 5.74) is 2.54. The van der Waals surface area contributed by atoms with Gasteiger partial charge < -0.3 is 9.80 Å². The van der Waals surface area contributed by atoms with Gasteiger partial charge in [-0.25, -0.2) is 19.0 Å². The van der Waals surface area contributed by atoms with Crippen LogP contribution in [0.3, 0.4) is 0 Å². The molecule has 5 rings (SSSR count). The largest absolute Gasteiger partial charge is 0.341 e. The number of carbonyl (C=O) groups excluding carboxylic acids is 1. The Morgan fingerprint density at radius 1 is 1.06 bits per heavy atom. The summed E-state index contributed by atoms with van der Waals surface area (Å²) < 4.78 is 15.2. The number of nitrogens with zero attached hydrogens (tertiary/aromatic N) is 7. The molecule has 0 N–H and O–H groups in total. The van der Waals surface area contributed by atoms with Crippen molar-refractivity contribution in [3.8, 4) is 17.2 Å². The number of amides is 1. The van der Waals surface area contributed by atoms with Crippen LogP contribution >= 0.6 is 0 Å². The van der Waals surface area contributed by atoms with Crippen LogP contribution in [0.15, 0.2) is 48.8 Å². The van der Waals surface area contributed by atoms with Gasteiger partial charge in [0.15, 0.2) is 0 Å². The molecule has 178 valence electrons. The van der Waals surface area contributed by atoms with E-state index in [9.17, 15) is 9.18 Å². The van der Waals surface area contributed by atoms with E-state index in [4.69, 9.17) is 5.10 Å². The van der Waals surface area contributed by atoms with Crippen molar-refractivity contribution in [1.29, 1.82) is 0 Å². The zero-order valence-electron chi connectivity index (χ0n) is 19.5. The van der Waals surface area contributed by atoms with Gasteiger partial charge in [0.05, 0.1) is 17.9 Å². The maximum Gasteiger partial charge on any atom is 0.250 e. The first-order valence-corrected chi connectivity index (χ1v) is 11.9. The fourth-order valence-corrected chi connectivity index (χ4v) is 4.75. The summed E-state index contributed by atoms with van der Waals surface area (Å²) in [6, 6.07) is 10.1. The van der Waals surface area contributed by atoms with E-state index < -0.39 is 0 Å². The Morgan fingerprint density at radius 2 is 1.79 bits per heavy atom. The first-order chi connectivity index (χ1) is 16.6. The summed E-state index contributed by atoms with van der Waals surface area (Å²) in [4.78, 5) is 28.5. The summed E-state index contributed by atoms with van der Waals surface area (Å²) in [6.07, 6.45) is 5.28. The fourth-order valence-electron chi connectivity index (χ4n) is 4.75. The van der Waals surface area contributed by atoms with Crippen LogP contribution in [-0.4, -0.2) is 93.2 Å². The monoisotopic (exact) mass is 463 g/mol. The van der Waals surface area contributed by atoms with Crippen LogP contribution in [0.2, 0.25) is 0 Å². The molecule has 2 saturated heterocycles. The lowest BCUT2D eigenvalue weighted by atomic mass is 9.94. The molecular formula is C25H30FN7O. The molecule has 0 saturated carbocycles. The fraction of sp³-hybridized carbons (Fsp3) is 0.440. The molecule has 1 aromatic carbocycles. The third-order valence-corrected chi connectivity index (χ3v) is 6.77. The minimum Gasteiger partial charge on any atom is -0.341 e. The molecule has 1 atom stereocenters. The predicted molar refractivity (Wildman–Crippen MR) is 127 cm³/mol. The van der Waals surface area contributed by atoms with Crippen molar-refractivity contribution >= 4 is 5.91 Å². The number of carbonyl (C=O) groups is 1. The molecule has 1 unspecified atom stereocenters. The van der Waals surface area contributed by atoms with Crippen LogP contribution in [0.25, 0.3) is 17.2 Å². The average molecular weight is 464 g/mol. The van der Waals surface area contributed by atoms with Gasteiger partial charge in [0.1, 0.15) is 5.82 Å². The van der Waals surface area contributed by atoms with E-state index in [1.54, 1.807) is 35.3 Å². The number of likely N-dealkylation sites (N-methyl/N-ethyl adjacent to an activating group) is 1. The lowest BCUT2D eigenvalue weighted by Crippen LogP contribution is -2.50. The van der Waals surface area contributed by atoms with Crippen molar-refractivity contribution in [2.75, 3.05) is 52.9 Å². The molecule has 3 aromatic rings. The van der Waals surface area contributed by atoms with Crippen LogP contribution < -0.4 is 0 Å². The molecule has 0 spiro atoms. The Hall–Kier alpha value is -3.17. The maximum atomic E-state index is 13.5. The number of aromatic nitrogens is 4. The van der Waals surface area contributed by atoms with E-state index in [0.717, 1.165) is 62.5 Å². The van der Waals surface area contributed by atoms with E-state index >= 15 is 0 Å². The Bertz CT molecular complexity index is 1110. The first-order valence-electron chi connectivity index (χ1n) is 11.9. The average Bonchev–Trinajstić information content (AvgIpc) is 3.32. The maximum absolute atomic E-state index is 13.5. The molecule has 2 aliphatic heterocycles. The number of hydrogen-bond acceptors (Lipinski definition) is 6. The molecule has 34 heavy (non-hydrogen) atoms. The summed E-state index contributed by atoms with van der Waals surface area (Å²) in [5.74, 6) is 0.522. The molecule has 0 bridgehead atoms. The number of benzene rings is 1. The van der Waals surface area contributed by atoms with Crippen LogP contribution in [0, 0.1) is 5.82 Å². The predicted octanol–water partition coefficient (Wildman–Crippen LogP) is 2.42. The molecule has 2 fully saturated rings. The SMILES string of the molecule is CN1CCN(CC(=O)N2CCCC(c3cc(-c4ccc(F)cc4)nn3-c3ncccn3)C2)CC1. The van der Waals surface area contributed by atoms with Gasteiger partial charge in [-0.15, -0.1) is 0 Å². The number of rotatable bonds is 5. The van der Waals surface area contributed by atoms with E-state index in [2.05, 4.69) is 26.8 Å². The van der Waals surface area contributed by atoms with Gasteiger partial charge in [0.2, 0.25) is 5.91 Å². The molecule has 8 nitrogen and oxygen atoms in total. The number of hydrogen-bond donors (Lipinski definition) is 0. The second-order valence-corrected chi connectivity index (χ2v) is 9.18. The highest BCUT2D eigenvalue weighted by atomic mass is 19.1. The smallest absolute Gasteiger partial charge is 0.250 e. The Kier molecular flexibility index (Phi) is 6.64. The quantitative estimate of drug-likeness (QED) is 0.579. The van der Waals surface area contributed by atoms with Crippen molar-refractivity contribution in [2.24, 2.45) is 0 Å². The zero-order chi connectivity index (χ0) is 23.5. The van der Waals surface area contributed by atoms with Crippen molar-refractivity contribution < 1.29 is 9.18 Å². The van der Waals surface area contributed by atoms with E-state index in [0.29, 0.717) is 19.0 Å². The highest BCUT2D eigenvalue weighted by Crippen LogP contribution is 2.31. The summed E-state index contributed by atoms with van der Waals surface area (Å²) in [5, 5.41) is 4.78. The third kappa shape index (κ3) is 5.00. The summed E-state index contributed by atoms with van der Waals surface area (Å²) >= 11 is 0. The molecule has 2 aliphatic rings. The molecule has 0 aliphatic carbocycles. The Balaban J connectivity index is 1.38. The molecule has 2 aromatic heterocycles. The van der Waals surface area contributed by atoms with Crippen molar-refractivity contribution in [2.45, 2.75) is 18.8 Å². The Morgan fingerprint density at radius 3 is 2.53 bits per heavy atom. The normalized spacial score (nSPS) is 19.9. The zero-order valence-corrected chi connectivity index (χ0v) is 19.5. The second-order valence-electron chi connectivity index (χ2n) is 9.18. The summed E-state index contributed by atoms with van der Waals surface area (Å²) in [7, 11) is 2.12. The number of piperazine rings is 1. The third-order valence-electron chi connectivity index (χ3n) is 6.77. The minimum absolute atomic E-state index is 0.121. The van der Waals surface area contributed by atoms with Gasteiger partial charge in [0.25, 0.3) is 5.95 Å². The van der Waals surface area contributed by atoms with Gasteiger partial charge in [-0.2, -0.15) is 5.10 Å². The molecular weight excluding hydrogens is 433 g/mol. The van der Waals surface area contributed by atoms with Crippen LogP contribution in [0.1, 0.15) is 24.5 Å². The van der Waals surface area contributed by atoms with E-state index in [1.165, 1.54) is 12.1 Å². The highest BCUT2D eigenvalue weighted by molar-refractivity contribution is 5.78. The number of likely N-dealkylation sites (tertiary alicyclic amines) is 1. The minimum atomic E-state index is -0.281. The van der Waals surface area contributed by atoms with Crippen LogP contribution in [-0.2, 0) is 4.79 Å². The number of piperidine rings is 1. The van der Waals surface area contributed by atoms with Crippen molar-refractivity contribution in [1.82, 2.24) is 34.4 Å². The second kappa shape index (κ2) is 9.99. The van der Waals surface area contributed by atoms with Gasteiger partial charge in [-0.3, -0.25) is 9.69 Å². The van der Waals surface area contributed by atoms with Crippen LogP contribution in [0.5, 0.6) is 0 Å². The van der Waals surface area contributed by atoms with Gasteiger partial charge in [0, 0.05) is 63.1 Å².